The zero-order valence-corrected chi connectivity index (χ0v) is 12.0. The van der Waals surface area contributed by atoms with Gasteiger partial charge in [0.15, 0.2) is 0 Å². The third-order valence-corrected chi connectivity index (χ3v) is 2.95. The molecule has 8 heteroatoms. The van der Waals surface area contributed by atoms with Crippen molar-refractivity contribution in [2.75, 3.05) is 0 Å². The van der Waals surface area contributed by atoms with E-state index in [1.165, 1.54) is 0 Å². The van der Waals surface area contributed by atoms with Gasteiger partial charge in [-0.05, 0) is 30.2 Å². The topological polar surface area (TPSA) is 26.0 Å². The van der Waals surface area contributed by atoms with Gasteiger partial charge >= 0.3 is 12.4 Å². The molecule has 0 aliphatic heterocycles. The van der Waals surface area contributed by atoms with Gasteiger partial charge in [0.05, 0.1) is 11.1 Å². The molecule has 0 spiro atoms. The van der Waals surface area contributed by atoms with Crippen molar-refractivity contribution < 1.29 is 26.3 Å². The maximum Gasteiger partial charge on any atom is 0.416 e. The maximum atomic E-state index is 12.8. The van der Waals surface area contributed by atoms with Gasteiger partial charge in [-0.25, -0.2) is 0 Å². The van der Waals surface area contributed by atoms with E-state index in [-0.39, 0.29) is 18.8 Å². The van der Waals surface area contributed by atoms with Crippen molar-refractivity contribution >= 4 is 12.4 Å². The molecule has 21 heavy (non-hydrogen) atoms. The second kappa shape index (κ2) is 7.35. The van der Waals surface area contributed by atoms with Crippen LogP contribution in [0.5, 0.6) is 0 Å². The quantitative estimate of drug-likeness (QED) is 0.739. The van der Waals surface area contributed by atoms with Gasteiger partial charge in [-0.2, -0.15) is 26.3 Å². The van der Waals surface area contributed by atoms with Crippen LogP contribution in [0.3, 0.4) is 0 Å². The number of benzene rings is 1. The van der Waals surface area contributed by atoms with Gasteiger partial charge in [0.25, 0.3) is 0 Å². The summed E-state index contributed by atoms with van der Waals surface area (Å²) in [5.74, 6) is 0. The summed E-state index contributed by atoms with van der Waals surface area (Å²) in [5, 5.41) is 0. The molecule has 0 unspecified atom stereocenters. The number of rotatable bonds is 4. The number of hydrogen-bond acceptors (Lipinski definition) is 1. The minimum absolute atomic E-state index is 0. The second-order valence-corrected chi connectivity index (χ2v) is 4.55. The lowest BCUT2D eigenvalue weighted by Gasteiger charge is -2.20. The van der Waals surface area contributed by atoms with E-state index in [2.05, 4.69) is 0 Å². The molecule has 0 bridgehead atoms. The summed E-state index contributed by atoms with van der Waals surface area (Å²) < 4.78 is 76.2. The van der Waals surface area contributed by atoms with Crippen LogP contribution in [-0.4, -0.2) is 0 Å². The van der Waals surface area contributed by atoms with E-state index in [0.29, 0.717) is 31.0 Å². The Morgan fingerprint density at radius 3 is 2.05 bits per heavy atom. The van der Waals surface area contributed by atoms with Gasteiger partial charge in [0.1, 0.15) is 0 Å². The Hall–Kier alpha value is -0.950. The predicted octanol–water partition coefficient (Wildman–Crippen LogP) is 5.34. The van der Waals surface area contributed by atoms with Crippen molar-refractivity contribution in [2.24, 2.45) is 5.73 Å². The minimum atomic E-state index is -4.72. The largest absolute Gasteiger partial charge is 0.416 e. The lowest BCUT2D eigenvalue weighted by molar-refractivity contribution is -0.142. The van der Waals surface area contributed by atoms with Gasteiger partial charge in [0.2, 0.25) is 0 Å². The first-order chi connectivity index (χ1) is 9.07. The fraction of sp³-hybridized carbons (Fsp3) is 0.538. The van der Waals surface area contributed by atoms with Crippen molar-refractivity contribution in [3.05, 3.63) is 34.9 Å². The Bertz CT molecular complexity index is 455. The van der Waals surface area contributed by atoms with Crippen LogP contribution < -0.4 is 5.73 Å². The van der Waals surface area contributed by atoms with Crippen molar-refractivity contribution in [1.82, 2.24) is 0 Å². The van der Waals surface area contributed by atoms with E-state index >= 15 is 0 Å². The summed E-state index contributed by atoms with van der Waals surface area (Å²) in [6.07, 6.45) is -7.95. The molecular weight excluding hydrogens is 320 g/mol. The lowest BCUT2D eigenvalue weighted by atomic mass is 9.94. The first-order valence-electron chi connectivity index (χ1n) is 6.11. The normalized spacial score (nSPS) is 13.7. The van der Waals surface area contributed by atoms with E-state index in [0.717, 1.165) is 0 Å². The van der Waals surface area contributed by atoms with Gasteiger partial charge in [-0.3, -0.25) is 0 Å². The zero-order chi connectivity index (χ0) is 15.6. The Morgan fingerprint density at radius 1 is 1.05 bits per heavy atom. The first kappa shape index (κ1) is 20.1. The molecule has 0 heterocycles. The molecule has 1 nitrogen and oxygen atoms in total. The molecule has 0 aliphatic rings. The molecule has 0 fully saturated rings. The number of alkyl halides is 6. The standard InChI is InChI=1S/C13H15F6N.ClH/c1-2-3-4-11(20)9-7-8(12(14,15)16)5-6-10(9)13(17,18)19;/h5-7,11H,2-4,20H2,1H3;1H/t11-;/m0./s1. The van der Waals surface area contributed by atoms with Gasteiger partial charge in [-0.1, -0.05) is 19.8 Å². The Morgan fingerprint density at radius 2 is 1.62 bits per heavy atom. The highest BCUT2D eigenvalue weighted by molar-refractivity contribution is 5.85. The molecule has 2 N–H and O–H groups in total. The fourth-order valence-electron chi connectivity index (χ4n) is 1.88. The zero-order valence-electron chi connectivity index (χ0n) is 11.2. The number of hydrogen-bond donors (Lipinski definition) is 1. The molecule has 1 rings (SSSR count). The summed E-state index contributed by atoms with van der Waals surface area (Å²) in [6, 6.07) is 0.320. The van der Waals surface area contributed by atoms with Crippen LogP contribution in [-0.2, 0) is 12.4 Å². The Kier molecular flexibility index (Phi) is 7.02. The van der Waals surface area contributed by atoms with E-state index in [1.54, 1.807) is 0 Å². The van der Waals surface area contributed by atoms with Gasteiger partial charge in [-0.15, -0.1) is 12.4 Å². The molecular formula is C13H16ClF6N. The van der Waals surface area contributed by atoms with Gasteiger partial charge in [0, 0.05) is 6.04 Å². The summed E-state index contributed by atoms with van der Waals surface area (Å²) in [6.45, 7) is 1.82. The highest BCUT2D eigenvalue weighted by Crippen LogP contribution is 2.39. The summed E-state index contributed by atoms with van der Waals surface area (Å²) in [7, 11) is 0. The van der Waals surface area contributed by atoms with E-state index in [4.69, 9.17) is 5.73 Å². The van der Waals surface area contributed by atoms with Crippen LogP contribution in [0.2, 0.25) is 0 Å². The fourth-order valence-corrected chi connectivity index (χ4v) is 1.88. The smallest absolute Gasteiger partial charge is 0.324 e. The molecule has 1 aromatic rings. The van der Waals surface area contributed by atoms with Crippen molar-refractivity contribution in [1.29, 1.82) is 0 Å². The van der Waals surface area contributed by atoms with Crippen LogP contribution in [0.25, 0.3) is 0 Å². The SMILES string of the molecule is CCCC[C@H](N)c1cc(C(F)(F)F)ccc1C(F)(F)F.Cl. The first-order valence-corrected chi connectivity index (χ1v) is 6.11. The molecule has 1 aromatic carbocycles. The number of unbranched alkanes of at least 4 members (excludes halogenated alkanes) is 1. The Labute approximate surface area is 124 Å². The molecule has 0 radical (unpaired) electrons. The third-order valence-electron chi connectivity index (χ3n) is 2.95. The van der Waals surface area contributed by atoms with Crippen molar-refractivity contribution in [3.63, 3.8) is 0 Å². The average Bonchev–Trinajstić information content (AvgIpc) is 2.33. The van der Waals surface area contributed by atoms with Gasteiger partial charge < -0.3 is 5.73 Å². The molecule has 0 saturated heterocycles. The van der Waals surface area contributed by atoms with Crippen LogP contribution >= 0.6 is 12.4 Å². The van der Waals surface area contributed by atoms with Crippen LogP contribution in [0.4, 0.5) is 26.3 Å². The van der Waals surface area contributed by atoms with Crippen LogP contribution in [0.1, 0.15) is 48.9 Å². The highest BCUT2D eigenvalue weighted by atomic mass is 35.5. The second-order valence-electron chi connectivity index (χ2n) is 4.55. The summed E-state index contributed by atoms with van der Waals surface area (Å²) in [5.41, 5.74) is 2.90. The average molecular weight is 336 g/mol. The predicted molar refractivity (Wildman–Crippen MR) is 70.1 cm³/mol. The van der Waals surface area contributed by atoms with Crippen LogP contribution in [0, 0.1) is 0 Å². The maximum absolute atomic E-state index is 12.8. The molecule has 0 amide bonds. The summed E-state index contributed by atoms with van der Waals surface area (Å²) >= 11 is 0. The number of nitrogens with two attached hydrogens (primary N) is 1. The summed E-state index contributed by atoms with van der Waals surface area (Å²) in [4.78, 5) is 0. The molecule has 0 aliphatic carbocycles. The van der Waals surface area contributed by atoms with Crippen LogP contribution in [0.15, 0.2) is 18.2 Å². The minimum Gasteiger partial charge on any atom is -0.324 e. The molecule has 122 valence electrons. The Balaban J connectivity index is 0.00000400. The lowest BCUT2D eigenvalue weighted by Crippen LogP contribution is -2.19. The highest BCUT2D eigenvalue weighted by Gasteiger charge is 2.37. The van der Waals surface area contributed by atoms with E-state index < -0.39 is 35.1 Å². The third kappa shape index (κ3) is 5.39. The van der Waals surface area contributed by atoms with Crippen molar-refractivity contribution in [3.8, 4) is 0 Å². The molecule has 1 atom stereocenters. The molecule has 0 aromatic heterocycles. The van der Waals surface area contributed by atoms with E-state index in [9.17, 15) is 26.3 Å². The van der Waals surface area contributed by atoms with Crippen molar-refractivity contribution in [2.45, 2.75) is 44.6 Å². The number of halogens is 7. The van der Waals surface area contributed by atoms with E-state index in [1.807, 2.05) is 6.92 Å². The monoisotopic (exact) mass is 335 g/mol. The molecule has 0 saturated carbocycles.